The zero-order valence-corrected chi connectivity index (χ0v) is 15.0. The highest BCUT2D eigenvalue weighted by Crippen LogP contribution is 2.24. The summed E-state index contributed by atoms with van der Waals surface area (Å²) >= 11 is 0. The van der Waals surface area contributed by atoms with Gasteiger partial charge in [0.1, 0.15) is 17.3 Å². The van der Waals surface area contributed by atoms with Gasteiger partial charge in [0.15, 0.2) is 0 Å². The van der Waals surface area contributed by atoms with Crippen LogP contribution in [0.5, 0.6) is 0 Å². The minimum absolute atomic E-state index is 0.0168. The summed E-state index contributed by atoms with van der Waals surface area (Å²) in [4.78, 5) is 15.7. The van der Waals surface area contributed by atoms with Crippen molar-refractivity contribution in [3.05, 3.63) is 59.7 Å². The van der Waals surface area contributed by atoms with Gasteiger partial charge in [-0.3, -0.25) is 0 Å². The maximum absolute atomic E-state index is 13.9. The van der Waals surface area contributed by atoms with Gasteiger partial charge >= 0.3 is 6.03 Å². The third kappa shape index (κ3) is 3.95. The smallest absolute Gasteiger partial charge is 0.321 e. The van der Waals surface area contributed by atoms with E-state index < -0.39 is 11.6 Å². The van der Waals surface area contributed by atoms with Crippen molar-refractivity contribution >= 4 is 17.4 Å². The lowest BCUT2D eigenvalue weighted by molar-refractivity contribution is 0.208. The van der Waals surface area contributed by atoms with E-state index in [2.05, 4.69) is 19.2 Å². The van der Waals surface area contributed by atoms with E-state index in [1.165, 1.54) is 23.8 Å². The summed E-state index contributed by atoms with van der Waals surface area (Å²) in [7, 11) is 0. The number of benzene rings is 2. The SMILES string of the molecule is CC(C)c1ccc(NC(=O)N2CCN(c3c(F)cccc3F)CC2)cc1. The Kier molecular flexibility index (Phi) is 5.40. The van der Waals surface area contributed by atoms with Crippen LogP contribution in [0, 0.1) is 11.6 Å². The Morgan fingerprint density at radius 3 is 2.08 bits per heavy atom. The first-order chi connectivity index (χ1) is 12.5. The van der Waals surface area contributed by atoms with Gasteiger partial charge in [0, 0.05) is 31.9 Å². The Labute approximate surface area is 152 Å². The molecule has 0 unspecified atom stereocenters. The van der Waals surface area contributed by atoms with Gasteiger partial charge in [-0.15, -0.1) is 0 Å². The number of piperazine rings is 1. The van der Waals surface area contributed by atoms with E-state index in [-0.39, 0.29) is 11.7 Å². The number of rotatable bonds is 3. The maximum atomic E-state index is 13.9. The molecule has 1 fully saturated rings. The number of hydrogen-bond donors (Lipinski definition) is 1. The van der Waals surface area contributed by atoms with Gasteiger partial charge in [0.05, 0.1) is 0 Å². The van der Waals surface area contributed by atoms with Crippen LogP contribution in [-0.2, 0) is 0 Å². The molecule has 0 aromatic heterocycles. The van der Waals surface area contributed by atoms with E-state index in [1.807, 2.05) is 24.3 Å². The van der Waals surface area contributed by atoms with Gasteiger partial charge in [0.25, 0.3) is 0 Å². The standard InChI is InChI=1S/C20H23F2N3O/c1-14(2)15-6-8-16(9-7-15)23-20(26)25-12-10-24(11-13-25)19-17(21)4-3-5-18(19)22/h3-9,14H,10-13H2,1-2H3,(H,23,26). The van der Waals surface area contributed by atoms with Gasteiger partial charge in [-0.05, 0) is 35.7 Å². The molecule has 0 saturated carbocycles. The predicted octanol–water partition coefficient (Wildman–Crippen LogP) is 4.44. The van der Waals surface area contributed by atoms with E-state index in [9.17, 15) is 13.6 Å². The van der Waals surface area contributed by atoms with Crippen molar-refractivity contribution in [2.24, 2.45) is 0 Å². The number of carbonyl (C=O) groups excluding carboxylic acids is 1. The van der Waals surface area contributed by atoms with E-state index in [0.29, 0.717) is 32.1 Å². The van der Waals surface area contributed by atoms with Crippen molar-refractivity contribution in [1.82, 2.24) is 4.90 Å². The molecule has 138 valence electrons. The molecular weight excluding hydrogens is 336 g/mol. The third-order valence-corrected chi connectivity index (χ3v) is 4.65. The fraction of sp³-hybridized carbons (Fsp3) is 0.350. The molecule has 6 heteroatoms. The van der Waals surface area contributed by atoms with Crippen molar-refractivity contribution in [3.63, 3.8) is 0 Å². The molecule has 0 spiro atoms. The van der Waals surface area contributed by atoms with E-state index >= 15 is 0 Å². The molecule has 2 amide bonds. The highest BCUT2D eigenvalue weighted by Gasteiger charge is 2.24. The molecule has 2 aromatic rings. The van der Waals surface area contributed by atoms with Crippen LogP contribution >= 0.6 is 0 Å². The topological polar surface area (TPSA) is 35.6 Å². The molecule has 4 nitrogen and oxygen atoms in total. The molecular formula is C20H23F2N3O. The highest BCUT2D eigenvalue weighted by molar-refractivity contribution is 5.89. The van der Waals surface area contributed by atoms with Gasteiger partial charge < -0.3 is 15.1 Å². The Morgan fingerprint density at radius 1 is 0.962 bits per heavy atom. The lowest BCUT2D eigenvalue weighted by Crippen LogP contribution is -2.50. The van der Waals surface area contributed by atoms with Crippen LogP contribution in [0.3, 0.4) is 0 Å². The highest BCUT2D eigenvalue weighted by atomic mass is 19.1. The summed E-state index contributed by atoms with van der Waals surface area (Å²) in [5.74, 6) is -0.715. The molecule has 0 aliphatic carbocycles. The lowest BCUT2D eigenvalue weighted by atomic mass is 10.0. The molecule has 0 radical (unpaired) electrons. The first-order valence-electron chi connectivity index (χ1n) is 8.80. The summed E-state index contributed by atoms with van der Waals surface area (Å²) < 4.78 is 27.8. The molecule has 3 rings (SSSR count). The van der Waals surface area contributed by atoms with Crippen LogP contribution < -0.4 is 10.2 Å². The number of carbonyl (C=O) groups is 1. The van der Waals surface area contributed by atoms with Crippen LogP contribution in [0.4, 0.5) is 25.0 Å². The molecule has 0 bridgehead atoms. The van der Waals surface area contributed by atoms with Gasteiger partial charge in [-0.1, -0.05) is 32.0 Å². The van der Waals surface area contributed by atoms with Crippen molar-refractivity contribution in [2.75, 3.05) is 36.4 Å². The fourth-order valence-corrected chi connectivity index (χ4v) is 3.08. The third-order valence-electron chi connectivity index (χ3n) is 4.65. The van der Waals surface area contributed by atoms with Crippen molar-refractivity contribution in [1.29, 1.82) is 0 Å². The van der Waals surface area contributed by atoms with Crippen molar-refractivity contribution in [2.45, 2.75) is 19.8 Å². The van der Waals surface area contributed by atoms with E-state index in [4.69, 9.17) is 0 Å². The average Bonchev–Trinajstić information content (AvgIpc) is 2.62. The summed E-state index contributed by atoms with van der Waals surface area (Å²) in [5.41, 5.74) is 1.93. The Morgan fingerprint density at radius 2 is 1.54 bits per heavy atom. The van der Waals surface area contributed by atoms with Crippen LogP contribution in [-0.4, -0.2) is 37.1 Å². The molecule has 1 saturated heterocycles. The van der Waals surface area contributed by atoms with Crippen LogP contribution in [0.15, 0.2) is 42.5 Å². The number of urea groups is 1. The Hall–Kier alpha value is -2.63. The summed E-state index contributed by atoms with van der Waals surface area (Å²) in [6.07, 6.45) is 0. The normalized spacial score (nSPS) is 14.7. The van der Waals surface area contributed by atoms with Gasteiger partial charge in [-0.2, -0.15) is 0 Å². The monoisotopic (exact) mass is 359 g/mol. The van der Waals surface area contributed by atoms with Crippen molar-refractivity contribution in [3.8, 4) is 0 Å². The van der Waals surface area contributed by atoms with Gasteiger partial charge in [0.2, 0.25) is 0 Å². The van der Waals surface area contributed by atoms with Crippen LogP contribution in [0.2, 0.25) is 0 Å². The lowest BCUT2D eigenvalue weighted by Gasteiger charge is -2.36. The molecule has 1 aliphatic rings. The number of halogens is 2. The average molecular weight is 359 g/mol. The maximum Gasteiger partial charge on any atom is 0.321 e. The molecule has 26 heavy (non-hydrogen) atoms. The number of para-hydroxylation sites is 1. The molecule has 1 aliphatic heterocycles. The minimum atomic E-state index is -0.576. The fourth-order valence-electron chi connectivity index (χ4n) is 3.08. The van der Waals surface area contributed by atoms with E-state index in [0.717, 1.165) is 5.69 Å². The Balaban J connectivity index is 1.58. The summed E-state index contributed by atoms with van der Waals surface area (Å²) in [6.45, 7) is 5.82. The minimum Gasteiger partial charge on any atom is -0.363 e. The number of amides is 2. The molecule has 1 N–H and O–H groups in total. The zero-order chi connectivity index (χ0) is 18.7. The number of hydrogen-bond acceptors (Lipinski definition) is 2. The van der Waals surface area contributed by atoms with E-state index in [1.54, 1.807) is 9.80 Å². The second-order valence-corrected chi connectivity index (χ2v) is 6.75. The Bertz CT molecular complexity index is 749. The zero-order valence-electron chi connectivity index (χ0n) is 15.0. The number of nitrogens with one attached hydrogen (secondary N) is 1. The summed E-state index contributed by atoms with van der Waals surface area (Å²) in [5, 5.41) is 2.88. The second-order valence-electron chi connectivity index (χ2n) is 6.75. The largest absolute Gasteiger partial charge is 0.363 e. The molecule has 1 heterocycles. The van der Waals surface area contributed by atoms with Crippen LogP contribution in [0.1, 0.15) is 25.3 Å². The number of nitrogens with zero attached hydrogens (tertiary/aromatic N) is 2. The molecule has 0 atom stereocenters. The predicted molar refractivity (Wildman–Crippen MR) is 99.7 cm³/mol. The number of anilines is 2. The quantitative estimate of drug-likeness (QED) is 0.879. The second kappa shape index (κ2) is 7.72. The van der Waals surface area contributed by atoms with Crippen LogP contribution in [0.25, 0.3) is 0 Å². The molecule has 2 aromatic carbocycles. The first-order valence-corrected chi connectivity index (χ1v) is 8.80. The first kappa shape index (κ1) is 18.2. The summed E-state index contributed by atoms with van der Waals surface area (Å²) in [6, 6.07) is 11.4. The van der Waals surface area contributed by atoms with Crippen molar-refractivity contribution < 1.29 is 13.6 Å². The van der Waals surface area contributed by atoms with Gasteiger partial charge in [-0.25, -0.2) is 13.6 Å².